The molecule has 0 radical (unpaired) electrons. The van der Waals surface area contributed by atoms with Crippen molar-refractivity contribution in [1.82, 2.24) is 4.57 Å². The Balaban J connectivity index is 1.97. The molecule has 1 nitrogen and oxygen atoms in total. The fourth-order valence-corrected chi connectivity index (χ4v) is 4.24. The number of benzene rings is 4. The molecular weight excluding hydrogens is 350 g/mol. The minimum absolute atomic E-state index is 1.19. The van der Waals surface area contributed by atoms with Gasteiger partial charge >= 0.3 is 0 Å². The summed E-state index contributed by atoms with van der Waals surface area (Å²) in [5.74, 6) is 0. The van der Waals surface area contributed by atoms with E-state index in [1.54, 1.807) is 0 Å². The largest absolute Gasteiger partial charge is 0.309 e. The number of aryl methyl sites for hydroxylation is 2. The van der Waals surface area contributed by atoms with Crippen molar-refractivity contribution in [3.05, 3.63) is 114 Å². The van der Waals surface area contributed by atoms with Gasteiger partial charge in [0.2, 0.25) is 0 Å². The zero-order valence-electron chi connectivity index (χ0n) is 16.8. The quantitative estimate of drug-likeness (QED) is 0.307. The summed E-state index contributed by atoms with van der Waals surface area (Å²) in [6, 6.07) is 37.0. The van der Waals surface area contributed by atoms with Crippen molar-refractivity contribution in [2.45, 2.75) is 13.8 Å². The highest BCUT2D eigenvalue weighted by atomic mass is 15.0. The molecule has 140 valence electrons. The molecule has 29 heavy (non-hydrogen) atoms. The van der Waals surface area contributed by atoms with E-state index in [-0.39, 0.29) is 0 Å². The van der Waals surface area contributed by atoms with E-state index >= 15 is 0 Å². The Hall–Kier alpha value is -3.58. The first-order valence-corrected chi connectivity index (χ1v) is 10.1. The first kappa shape index (κ1) is 17.5. The Bertz CT molecular complexity index is 1310. The maximum atomic E-state index is 2.42. The number of rotatable bonds is 3. The second-order valence-electron chi connectivity index (χ2n) is 7.65. The normalized spacial score (nSPS) is 11.1. The molecule has 0 bridgehead atoms. The van der Waals surface area contributed by atoms with Crippen LogP contribution in [0.25, 0.3) is 39.0 Å². The van der Waals surface area contributed by atoms with Crippen molar-refractivity contribution in [2.24, 2.45) is 0 Å². The van der Waals surface area contributed by atoms with Gasteiger partial charge in [0.1, 0.15) is 0 Å². The van der Waals surface area contributed by atoms with Crippen molar-refractivity contribution in [1.29, 1.82) is 0 Å². The highest BCUT2D eigenvalue weighted by molar-refractivity contribution is 6.05. The van der Waals surface area contributed by atoms with Crippen LogP contribution in [0.5, 0.6) is 0 Å². The third-order valence-corrected chi connectivity index (χ3v) is 5.49. The van der Waals surface area contributed by atoms with Crippen molar-refractivity contribution in [2.75, 3.05) is 0 Å². The molecule has 0 aliphatic heterocycles. The molecule has 0 amide bonds. The van der Waals surface area contributed by atoms with Gasteiger partial charge in [0.05, 0.1) is 11.2 Å². The predicted octanol–water partition coefficient (Wildman–Crippen LogP) is 7.58. The maximum absolute atomic E-state index is 2.42. The molecule has 1 heterocycles. The van der Waals surface area contributed by atoms with Crippen LogP contribution in [0.1, 0.15) is 11.1 Å². The van der Waals surface area contributed by atoms with Gasteiger partial charge in [-0.3, -0.25) is 0 Å². The average Bonchev–Trinajstić information content (AvgIpc) is 3.10. The van der Waals surface area contributed by atoms with Gasteiger partial charge in [-0.1, -0.05) is 84.4 Å². The fourth-order valence-electron chi connectivity index (χ4n) is 4.24. The Kier molecular flexibility index (Phi) is 4.29. The second-order valence-corrected chi connectivity index (χ2v) is 7.65. The van der Waals surface area contributed by atoms with E-state index < -0.39 is 0 Å². The summed E-state index contributed by atoms with van der Waals surface area (Å²) in [4.78, 5) is 0. The molecule has 0 fully saturated rings. The van der Waals surface area contributed by atoms with E-state index in [0.717, 1.165) is 0 Å². The number of nitrogens with zero attached hydrogens (tertiary/aromatic N) is 1. The van der Waals surface area contributed by atoms with Gasteiger partial charge < -0.3 is 4.57 Å². The molecule has 0 N–H and O–H groups in total. The van der Waals surface area contributed by atoms with Gasteiger partial charge in [-0.05, 0) is 54.8 Å². The Morgan fingerprint density at radius 3 is 1.97 bits per heavy atom. The van der Waals surface area contributed by atoms with Gasteiger partial charge in [-0.15, -0.1) is 0 Å². The second kappa shape index (κ2) is 7.10. The minimum atomic E-state index is 1.19. The van der Waals surface area contributed by atoms with E-state index in [1.165, 1.54) is 50.1 Å². The number of hydrogen-bond donors (Lipinski definition) is 0. The minimum Gasteiger partial charge on any atom is -0.309 e. The van der Waals surface area contributed by atoms with Crippen molar-refractivity contribution in [3.63, 3.8) is 0 Å². The van der Waals surface area contributed by atoms with Crippen molar-refractivity contribution < 1.29 is 0 Å². The van der Waals surface area contributed by atoms with Crippen LogP contribution in [-0.2, 0) is 0 Å². The van der Waals surface area contributed by atoms with Crippen LogP contribution >= 0.6 is 0 Å². The van der Waals surface area contributed by atoms with Crippen LogP contribution in [0.3, 0.4) is 0 Å². The first-order chi connectivity index (χ1) is 14.2. The zero-order chi connectivity index (χ0) is 19.8. The highest BCUT2D eigenvalue weighted by Crippen LogP contribution is 2.42. The van der Waals surface area contributed by atoms with Crippen LogP contribution in [0, 0.1) is 13.8 Å². The molecule has 0 saturated heterocycles. The highest BCUT2D eigenvalue weighted by Gasteiger charge is 2.20. The number of para-hydroxylation sites is 1. The molecule has 0 saturated carbocycles. The van der Waals surface area contributed by atoms with Crippen molar-refractivity contribution in [3.8, 4) is 28.1 Å². The lowest BCUT2D eigenvalue weighted by atomic mass is 9.97. The fraction of sp³-hybridized carbons (Fsp3) is 0.0714. The molecular formula is C28H23N. The zero-order valence-corrected chi connectivity index (χ0v) is 16.8. The summed E-state index contributed by atoms with van der Waals surface area (Å²) in [5, 5.41) is 1.27. The molecule has 4 aromatic carbocycles. The molecule has 1 heteroatoms. The van der Waals surface area contributed by atoms with Crippen LogP contribution < -0.4 is 0 Å². The molecule has 1 aromatic heterocycles. The van der Waals surface area contributed by atoms with E-state index in [0.29, 0.717) is 0 Å². The summed E-state index contributed by atoms with van der Waals surface area (Å²) in [6.07, 6.45) is 0. The summed E-state index contributed by atoms with van der Waals surface area (Å²) in [5.41, 5.74) is 9.96. The molecule has 0 spiro atoms. The monoisotopic (exact) mass is 373 g/mol. The Morgan fingerprint density at radius 1 is 0.552 bits per heavy atom. The van der Waals surface area contributed by atoms with Gasteiger partial charge in [-0.2, -0.15) is 0 Å². The molecule has 0 aliphatic rings. The van der Waals surface area contributed by atoms with Gasteiger partial charge in [0.15, 0.2) is 0 Å². The van der Waals surface area contributed by atoms with Gasteiger partial charge in [-0.25, -0.2) is 0 Å². The molecule has 5 rings (SSSR count). The molecule has 0 aliphatic carbocycles. The van der Waals surface area contributed by atoms with Crippen LogP contribution in [-0.4, -0.2) is 4.57 Å². The lowest BCUT2D eigenvalue weighted by Gasteiger charge is -2.14. The van der Waals surface area contributed by atoms with Crippen LogP contribution in [0.4, 0.5) is 0 Å². The maximum Gasteiger partial charge on any atom is 0.0619 e. The SMILES string of the molecule is Cc1cccc(-c2c(-c3ccccc3)c3ccccc3n2-c2cccc(C)c2)c1. The lowest BCUT2D eigenvalue weighted by molar-refractivity contribution is 1.13. The summed E-state index contributed by atoms with van der Waals surface area (Å²) in [6.45, 7) is 4.31. The first-order valence-electron chi connectivity index (χ1n) is 10.1. The van der Waals surface area contributed by atoms with E-state index in [2.05, 4.69) is 122 Å². The number of aromatic nitrogens is 1. The van der Waals surface area contributed by atoms with Crippen molar-refractivity contribution >= 4 is 10.9 Å². The molecule has 0 unspecified atom stereocenters. The smallest absolute Gasteiger partial charge is 0.0619 e. The topological polar surface area (TPSA) is 4.93 Å². The van der Waals surface area contributed by atoms with E-state index in [4.69, 9.17) is 0 Å². The average molecular weight is 373 g/mol. The standard InChI is InChI=1S/C28H23N/c1-20-10-8-14-23(18-20)28-27(22-12-4-3-5-13-22)25-16-6-7-17-26(25)29(28)24-15-9-11-21(2)19-24/h3-19H,1-2H3. The third kappa shape index (κ3) is 3.05. The number of fused-ring (bicyclic) bond motifs is 1. The number of hydrogen-bond acceptors (Lipinski definition) is 0. The molecule has 5 aromatic rings. The predicted molar refractivity (Wildman–Crippen MR) is 124 cm³/mol. The molecule has 0 atom stereocenters. The van der Waals surface area contributed by atoms with Crippen LogP contribution in [0.15, 0.2) is 103 Å². The summed E-state index contributed by atoms with van der Waals surface area (Å²) in [7, 11) is 0. The van der Waals surface area contributed by atoms with Gasteiger partial charge in [0, 0.05) is 16.6 Å². The Morgan fingerprint density at radius 2 is 1.21 bits per heavy atom. The van der Waals surface area contributed by atoms with E-state index in [1.807, 2.05) is 0 Å². The summed E-state index contributed by atoms with van der Waals surface area (Å²) < 4.78 is 2.42. The van der Waals surface area contributed by atoms with Gasteiger partial charge in [0.25, 0.3) is 0 Å². The third-order valence-electron chi connectivity index (χ3n) is 5.49. The summed E-state index contributed by atoms with van der Waals surface area (Å²) >= 11 is 0. The lowest BCUT2D eigenvalue weighted by Crippen LogP contribution is -1.98. The van der Waals surface area contributed by atoms with E-state index in [9.17, 15) is 0 Å². The Labute approximate surface area is 171 Å². The van der Waals surface area contributed by atoms with Crippen LogP contribution in [0.2, 0.25) is 0 Å².